The third-order valence-electron chi connectivity index (χ3n) is 5.52. The molecule has 2 amide bonds. The lowest BCUT2D eigenvalue weighted by atomic mass is 10.0. The number of alkyl halides is 2. The van der Waals surface area contributed by atoms with Crippen LogP contribution in [0.25, 0.3) is 0 Å². The predicted octanol–water partition coefficient (Wildman–Crippen LogP) is 2.44. The van der Waals surface area contributed by atoms with Crippen molar-refractivity contribution in [2.45, 2.75) is 38.9 Å². The third kappa shape index (κ3) is 4.01. The van der Waals surface area contributed by atoms with E-state index in [0.29, 0.717) is 31.1 Å². The fourth-order valence-electron chi connectivity index (χ4n) is 3.92. The van der Waals surface area contributed by atoms with Crippen LogP contribution in [0.4, 0.5) is 23.2 Å². The molecule has 0 radical (unpaired) electrons. The molecular weight excluding hydrogens is 420 g/mol. The molecule has 1 atom stereocenters. The summed E-state index contributed by atoms with van der Waals surface area (Å²) in [6.45, 7) is 3.04. The molecule has 0 N–H and O–H groups in total. The molecule has 7 nitrogen and oxygen atoms in total. The normalized spacial score (nSPS) is 19.2. The summed E-state index contributed by atoms with van der Waals surface area (Å²) in [5.74, 6) is -3.66. The van der Waals surface area contributed by atoms with Gasteiger partial charge >= 0.3 is 0 Å². The van der Waals surface area contributed by atoms with Gasteiger partial charge in [-0.1, -0.05) is 0 Å². The standard InChI is InChI=1S/C20H20F4N4O3/c1-11-8-28-16(15(7-25-28)26-2-3-31-10-18(26)30)9-27(11)17(29)6-12-4-13(20(23)24)19(22)14(21)5-12/h4-5,7,11,20H,2-3,6,8-10H2,1H3/t11-/m0/s1. The van der Waals surface area contributed by atoms with Gasteiger partial charge in [-0.05, 0) is 24.6 Å². The minimum absolute atomic E-state index is 0.0333. The van der Waals surface area contributed by atoms with Gasteiger partial charge in [0.05, 0.1) is 49.3 Å². The van der Waals surface area contributed by atoms with Crippen LogP contribution in [-0.2, 0) is 33.8 Å². The number of fused-ring (bicyclic) bond motifs is 1. The van der Waals surface area contributed by atoms with Crippen molar-refractivity contribution in [3.05, 3.63) is 46.8 Å². The van der Waals surface area contributed by atoms with Crippen LogP contribution in [0.15, 0.2) is 18.3 Å². The maximum Gasteiger partial charge on any atom is 0.266 e. The van der Waals surface area contributed by atoms with Crippen LogP contribution < -0.4 is 4.90 Å². The molecule has 31 heavy (non-hydrogen) atoms. The molecule has 2 aliphatic heterocycles. The van der Waals surface area contributed by atoms with Gasteiger partial charge in [0.1, 0.15) is 6.61 Å². The number of amides is 2. The SMILES string of the molecule is C[C@H]1Cn2ncc(N3CCOCC3=O)c2CN1C(=O)Cc1cc(F)c(F)c(C(F)F)c1. The third-order valence-corrected chi connectivity index (χ3v) is 5.52. The van der Waals surface area contributed by atoms with Gasteiger partial charge in [-0.3, -0.25) is 14.3 Å². The molecule has 3 heterocycles. The van der Waals surface area contributed by atoms with Crippen molar-refractivity contribution in [2.24, 2.45) is 0 Å². The van der Waals surface area contributed by atoms with Crippen molar-refractivity contribution in [3.8, 4) is 0 Å². The quantitative estimate of drug-likeness (QED) is 0.685. The van der Waals surface area contributed by atoms with Crippen LogP contribution in [0, 0.1) is 11.6 Å². The second kappa shape index (κ2) is 8.29. The molecule has 0 unspecified atom stereocenters. The number of ether oxygens (including phenoxy) is 1. The number of anilines is 1. The lowest BCUT2D eigenvalue weighted by Crippen LogP contribution is -2.47. The van der Waals surface area contributed by atoms with E-state index in [9.17, 15) is 27.2 Å². The van der Waals surface area contributed by atoms with Gasteiger partial charge in [-0.25, -0.2) is 17.6 Å². The van der Waals surface area contributed by atoms with Crippen molar-refractivity contribution in [2.75, 3.05) is 24.7 Å². The lowest BCUT2D eigenvalue weighted by molar-refractivity contribution is -0.134. The summed E-state index contributed by atoms with van der Waals surface area (Å²) in [5, 5.41) is 4.32. The first kappa shape index (κ1) is 21.3. The van der Waals surface area contributed by atoms with Crippen LogP contribution in [0.2, 0.25) is 0 Å². The Hall–Kier alpha value is -2.95. The van der Waals surface area contributed by atoms with Crippen molar-refractivity contribution >= 4 is 17.5 Å². The lowest BCUT2D eigenvalue weighted by Gasteiger charge is -2.36. The fraction of sp³-hybridized carbons (Fsp3) is 0.450. The van der Waals surface area contributed by atoms with Crippen LogP contribution in [0.3, 0.4) is 0 Å². The first-order valence-electron chi connectivity index (χ1n) is 9.74. The first-order chi connectivity index (χ1) is 14.8. The Balaban J connectivity index is 1.56. The van der Waals surface area contributed by atoms with E-state index in [1.807, 2.05) is 0 Å². The summed E-state index contributed by atoms with van der Waals surface area (Å²) in [6, 6.07) is 1.31. The van der Waals surface area contributed by atoms with Gasteiger partial charge in [0.2, 0.25) is 5.91 Å². The Bertz CT molecular complexity index is 1030. The molecule has 0 saturated carbocycles. The highest BCUT2D eigenvalue weighted by atomic mass is 19.3. The summed E-state index contributed by atoms with van der Waals surface area (Å²) < 4.78 is 60.1. The zero-order valence-electron chi connectivity index (χ0n) is 16.7. The van der Waals surface area contributed by atoms with E-state index >= 15 is 0 Å². The monoisotopic (exact) mass is 440 g/mol. The summed E-state index contributed by atoms with van der Waals surface area (Å²) in [5.41, 5.74) is 0.154. The average Bonchev–Trinajstić information content (AvgIpc) is 3.12. The van der Waals surface area contributed by atoms with Crippen molar-refractivity contribution < 1.29 is 31.9 Å². The minimum atomic E-state index is -3.19. The summed E-state index contributed by atoms with van der Waals surface area (Å²) in [6.07, 6.45) is -1.98. The number of benzene rings is 1. The van der Waals surface area contributed by atoms with Gasteiger partial charge in [0.25, 0.3) is 12.3 Å². The molecule has 1 fully saturated rings. The Morgan fingerprint density at radius 2 is 2.10 bits per heavy atom. The number of hydrogen-bond acceptors (Lipinski definition) is 4. The van der Waals surface area contributed by atoms with Gasteiger partial charge in [0.15, 0.2) is 11.6 Å². The molecule has 1 aromatic heterocycles. The highest BCUT2D eigenvalue weighted by Crippen LogP contribution is 2.29. The Kier molecular flexibility index (Phi) is 5.69. The number of rotatable bonds is 4. The van der Waals surface area contributed by atoms with Crippen LogP contribution in [-0.4, -0.2) is 52.3 Å². The van der Waals surface area contributed by atoms with Gasteiger partial charge in [0, 0.05) is 12.6 Å². The molecule has 0 spiro atoms. The number of morpholine rings is 1. The highest BCUT2D eigenvalue weighted by Gasteiger charge is 2.33. The largest absolute Gasteiger partial charge is 0.370 e. The second-order valence-electron chi connectivity index (χ2n) is 7.59. The van der Waals surface area contributed by atoms with E-state index in [0.717, 1.165) is 12.1 Å². The Morgan fingerprint density at radius 3 is 2.81 bits per heavy atom. The number of aromatic nitrogens is 2. The van der Waals surface area contributed by atoms with Crippen molar-refractivity contribution in [1.29, 1.82) is 0 Å². The predicted molar refractivity (Wildman–Crippen MR) is 100 cm³/mol. The Labute approximate surface area is 175 Å². The summed E-state index contributed by atoms with van der Waals surface area (Å²) in [4.78, 5) is 28.2. The zero-order chi connectivity index (χ0) is 22.3. The highest BCUT2D eigenvalue weighted by molar-refractivity contribution is 5.95. The van der Waals surface area contributed by atoms with E-state index in [2.05, 4.69) is 5.10 Å². The second-order valence-corrected chi connectivity index (χ2v) is 7.59. The maximum atomic E-state index is 13.7. The van der Waals surface area contributed by atoms with Gasteiger partial charge < -0.3 is 14.5 Å². The van der Waals surface area contributed by atoms with Crippen LogP contribution in [0.1, 0.15) is 30.2 Å². The molecule has 0 bridgehead atoms. The number of nitrogens with zero attached hydrogens (tertiary/aromatic N) is 4. The van der Waals surface area contributed by atoms with Crippen LogP contribution >= 0.6 is 0 Å². The average molecular weight is 440 g/mol. The summed E-state index contributed by atoms with van der Waals surface area (Å²) in [7, 11) is 0. The topological polar surface area (TPSA) is 67.7 Å². The Morgan fingerprint density at radius 1 is 1.32 bits per heavy atom. The maximum absolute atomic E-state index is 13.7. The van der Waals surface area contributed by atoms with E-state index in [-0.39, 0.29) is 37.1 Å². The first-order valence-corrected chi connectivity index (χ1v) is 9.74. The van der Waals surface area contributed by atoms with E-state index < -0.39 is 29.5 Å². The molecule has 2 aromatic rings. The molecule has 1 saturated heterocycles. The fourth-order valence-corrected chi connectivity index (χ4v) is 3.92. The molecule has 166 valence electrons. The van der Waals surface area contributed by atoms with Crippen molar-refractivity contribution in [1.82, 2.24) is 14.7 Å². The van der Waals surface area contributed by atoms with E-state index in [1.165, 1.54) is 4.90 Å². The minimum Gasteiger partial charge on any atom is -0.370 e. The van der Waals surface area contributed by atoms with Crippen molar-refractivity contribution in [3.63, 3.8) is 0 Å². The van der Waals surface area contributed by atoms with Crippen LogP contribution in [0.5, 0.6) is 0 Å². The van der Waals surface area contributed by atoms with E-state index in [4.69, 9.17) is 4.74 Å². The number of carbonyl (C=O) groups excluding carboxylic acids is 2. The molecule has 0 aliphatic carbocycles. The number of carbonyl (C=O) groups is 2. The molecule has 1 aromatic carbocycles. The van der Waals surface area contributed by atoms with E-state index in [1.54, 1.807) is 22.7 Å². The van der Waals surface area contributed by atoms with Gasteiger partial charge in [-0.2, -0.15) is 5.10 Å². The molecule has 2 aliphatic rings. The molecular formula is C20H20F4N4O3. The smallest absolute Gasteiger partial charge is 0.266 e. The number of halogens is 4. The summed E-state index contributed by atoms with van der Waals surface area (Å²) >= 11 is 0. The van der Waals surface area contributed by atoms with Gasteiger partial charge in [-0.15, -0.1) is 0 Å². The molecule has 11 heteroatoms. The number of hydrogen-bond donors (Lipinski definition) is 0. The molecule has 4 rings (SSSR count). The zero-order valence-corrected chi connectivity index (χ0v) is 16.7.